The Bertz CT molecular complexity index is 597. The van der Waals surface area contributed by atoms with Crippen molar-refractivity contribution in [3.05, 3.63) is 59.1 Å². The fraction of sp³-hybridized carbons (Fsp3) is 0.188. The number of benzene rings is 2. The highest BCUT2D eigenvalue weighted by atomic mass is 35.5. The highest BCUT2D eigenvalue weighted by Gasteiger charge is 2.05. The normalized spacial score (nSPS) is 12.0. The van der Waals surface area contributed by atoms with Crippen LogP contribution in [-0.4, -0.2) is 11.7 Å². The second kappa shape index (κ2) is 7.50. The standard InChI is InChI=1S/C16H17ClN2OS/c1-11(18)12-2-8-15(9-3-12)21-10-16(20)19-14-6-4-13(17)5-7-14/h2-9,11H,10,18H2,1H3,(H,19,20). The maximum Gasteiger partial charge on any atom is 0.234 e. The van der Waals surface area contributed by atoms with E-state index < -0.39 is 0 Å². The van der Waals surface area contributed by atoms with Gasteiger partial charge in [0.1, 0.15) is 0 Å². The first-order chi connectivity index (χ1) is 10.0. The monoisotopic (exact) mass is 320 g/mol. The SMILES string of the molecule is CC(N)c1ccc(SCC(=O)Nc2ccc(Cl)cc2)cc1. The van der Waals surface area contributed by atoms with E-state index in [-0.39, 0.29) is 11.9 Å². The summed E-state index contributed by atoms with van der Waals surface area (Å²) in [6, 6.07) is 15.0. The molecule has 1 amide bonds. The Morgan fingerprint density at radius 1 is 1.19 bits per heavy atom. The largest absolute Gasteiger partial charge is 0.325 e. The van der Waals surface area contributed by atoms with Crippen LogP contribution in [-0.2, 0) is 4.79 Å². The summed E-state index contributed by atoms with van der Waals surface area (Å²) in [7, 11) is 0. The second-order valence-electron chi connectivity index (χ2n) is 4.70. The maximum absolute atomic E-state index is 11.9. The van der Waals surface area contributed by atoms with Crippen molar-refractivity contribution in [1.82, 2.24) is 0 Å². The van der Waals surface area contributed by atoms with Crippen molar-refractivity contribution < 1.29 is 4.79 Å². The fourth-order valence-electron chi connectivity index (χ4n) is 1.75. The number of thioether (sulfide) groups is 1. The van der Waals surface area contributed by atoms with Gasteiger partial charge < -0.3 is 11.1 Å². The number of nitrogens with one attached hydrogen (secondary N) is 1. The van der Waals surface area contributed by atoms with Gasteiger partial charge in [-0.25, -0.2) is 0 Å². The quantitative estimate of drug-likeness (QED) is 0.816. The third-order valence-electron chi connectivity index (χ3n) is 2.90. The zero-order valence-corrected chi connectivity index (χ0v) is 13.2. The molecule has 2 aromatic rings. The molecule has 0 aromatic heterocycles. The molecule has 2 aromatic carbocycles. The highest BCUT2D eigenvalue weighted by Crippen LogP contribution is 2.21. The molecule has 0 heterocycles. The van der Waals surface area contributed by atoms with Crippen molar-refractivity contribution in [3.8, 4) is 0 Å². The molecule has 0 aliphatic rings. The Balaban J connectivity index is 1.84. The van der Waals surface area contributed by atoms with E-state index in [4.69, 9.17) is 17.3 Å². The lowest BCUT2D eigenvalue weighted by Crippen LogP contribution is -2.13. The van der Waals surface area contributed by atoms with Crippen molar-refractivity contribution in [3.63, 3.8) is 0 Å². The molecule has 1 unspecified atom stereocenters. The van der Waals surface area contributed by atoms with Gasteiger partial charge in [0.05, 0.1) is 5.75 Å². The average molecular weight is 321 g/mol. The highest BCUT2D eigenvalue weighted by molar-refractivity contribution is 8.00. The van der Waals surface area contributed by atoms with Gasteiger partial charge in [0.15, 0.2) is 0 Å². The van der Waals surface area contributed by atoms with Crippen LogP contribution < -0.4 is 11.1 Å². The summed E-state index contributed by atoms with van der Waals surface area (Å²) in [5.41, 5.74) is 7.64. The van der Waals surface area contributed by atoms with Gasteiger partial charge in [0.2, 0.25) is 5.91 Å². The maximum atomic E-state index is 11.9. The van der Waals surface area contributed by atoms with Crippen LogP contribution in [0.1, 0.15) is 18.5 Å². The topological polar surface area (TPSA) is 55.1 Å². The van der Waals surface area contributed by atoms with Crippen LogP contribution >= 0.6 is 23.4 Å². The van der Waals surface area contributed by atoms with Crippen LogP contribution in [0.15, 0.2) is 53.4 Å². The lowest BCUT2D eigenvalue weighted by molar-refractivity contribution is -0.113. The summed E-state index contributed by atoms with van der Waals surface area (Å²) < 4.78 is 0. The van der Waals surface area contributed by atoms with Gasteiger partial charge >= 0.3 is 0 Å². The zero-order valence-electron chi connectivity index (χ0n) is 11.7. The second-order valence-corrected chi connectivity index (χ2v) is 6.19. The molecule has 0 aliphatic heterocycles. The number of hydrogen-bond acceptors (Lipinski definition) is 3. The van der Waals surface area contributed by atoms with Crippen LogP contribution in [0.3, 0.4) is 0 Å². The third-order valence-corrected chi connectivity index (χ3v) is 4.17. The van der Waals surface area contributed by atoms with Gasteiger partial charge in [-0.2, -0.15) is 0 Å². The van der Waals surface area contributed by atoms with Crippen molar-refractivity contribution in [2.75, 3.05) is 11.1 Å². The molecule has 0 saturated carbocycles. The minimum Gasteiger partial charge on any atom is -0.325 e. The smallest absolute Gasteiger partial charge is 0.234 e. The molecule has 1 atom stereocenters. The molecular formula is C16H17ClN2OS. The van der Waals surface area contributed by atoms with Crippen LogP contribution in [0.2, 0.25) is 5.02 Å². The van der Waals surface area contributed by atoms with Crippen molar-refractivity contribution in [2.24, 2.45) is 5.73 Å². The van der Waals surface area contributed by atoms with E-state index >= 15 is 0 Å². The molecule has 0 aliphatic carbocycles. The fourth-order valence-corrected chi connectivity index (χ4v) is 2.57. The molecule has 3 N–H and O–H groups in total. The van der Waals surface area contributed by atoms with Crippen LogP contribution in [0.4, 0.5) is 5.69 Å². The molecule has 0 saturated heterocycles. The summed E-state index contributed by atoms with van der Waals surface area (Å²) in [5, 5.41) is 3.48. The predicted octanol–water partition coefficient (Wildman–Crippen LogP) is 4.09. The molecule has 21 heavy (non-hydrogen) atoms. The molecule has 3 nitrogen and oxygen atoms in total. The van der Waals surface area contributed by atoms with E-state index in [0.29, 0.717) is 10.8 Å². The number of anilines is 1. The Hall–Kier alpha value is -1.49. The van der Waals surface area contributed by atoms with Crippen LogP contribution in [0.5, 0.6) is 0 Å². The minimum absolute atomic E-state index is 0.0252. The van der Waals surface area contributed by atoms with Crippen molar-refractivity contribution in [2.45, 2.75) is 17.9 Å². The van der Waals surface area contributed by atoms with Crippen LogP contribution in [0, 0.1) is 0 Å². The van der Waals surface area contributed by atoms with Gasteiger partial charge in [-0.05, 0) is 48.9 Å². The molecule has 0 spiro atoms. The summed E-state index contributed by atoms with van der Waals surface area (Å²) in [6.45, 7) is 1.95. The van der Waals surface area contributed by atoms with E-state index in [1.165, 1.54) is 11.8 Å². The average Bonchev–Trinajstić information content (AvgIpc) is 2.48. The first-order valence-corrected chi connectivity index (χ1v) is 7.95. The Morgan fingerprint density at radius 2 is 1.81 bits per heavy atom. The number of nitrogens with two attached hydrogens (primary N) is 1. The van der Waals surface area contributed by atoms with Gasteiger partial charge in [-0.15, -0.1) is 11.8 Å². The van der Waals surface area contributed by atoms with Crippen molar-refractivity contribution >= 4 is 35.0 Å². The number of carbonyl (C=O) groups is 1. The summed E-state index contributed by atoms with van der Waals surface area (Å²) in [5.74, 6) is 0.318. The number of amides is 1. The number of carbonyl (C=O) groups excluding carboxylic acids is 1. The number of halogens is 1. The first kappa shape index (κ1) is 15.9. The summed E-state index contributed by atoms with van der Waals surface area (Å²) >= 11 is 7.29. The zero-order chi connectivity index (χ0) is 15.2. The Labute approximate surface area is 133 Å². The first-order valence-electron chi connectivity index (χ1n) is 6.58. The van der Waals surface area contributed by atoms with E-state index in [1.54, 1.807) is 24.3 Å². The minimum atomic E-state index is -0.0430. The Morgan fingerprint density at radius 3 is 2.38 bits per heavy atom. The molecular weight excluding hydrogens is 304 g/mol. The summed E-state index contributed by atoms with van der Waals surface area (Å²) in [6.07, 6.45) is 0. The van der Waals surface area contributed by atoms with E-state index in [0.717, 1.165) is 16.1 Å². The molecule has 0 bridgehead atoms. The van der Waals surface area contributed by atoms with E-state index in [9.17, 15) is 4.79 Å². The van der Waals surface area contributed by atoms with Gasteiger partial charge in [-0.1, -0.05) is 23.7 Å². The number of rotatable bonds is 5. The van der Waals surface area contributed by atoms with E-state index in [2.05, 4.69) is 5.32 Å². The van der Waals surface area contributed by atoms with E-state index in [1.807, 2.05) is 31.2 Å². The number of hydrogen-bond donors (Lipinski definition) is 2. The predicted molar refractivity (Wildman–Crippen MR) is 89.9 cm³/mol. The van der Waals surface area contributed by atoms with Crippen LogP contribution in [0.25, 0.3) is 0 Å². The van der Waals surface area contributed by atoms with Crippen molar-refractivity contribution in [1.29, 1.82) is 0 Å². The van der Waals surface area contributed by atoms with Gasteiger partial charge in [0.25, 0.3) is 0 Å². The summed E-state index contributed by atoms with van der Waals surface area (Å²) in [4.78, 5) is 12.9. The molecule has 5 heteroatoms. The molecule has 2 rings (SSSR count). The molecule has 0 radical (unpaired) electrons. The molecule has 110 valence electrons. The Kier molecular flexibility index (Phi) is 5.67. The molecule has 0 fully saturated rings. The van der Waals surface area contributed by atoms with Gasteiger partial charge in [-0.3, -0.25) is 4.79 Å². The lowest BCUT2D eigenvalue weighted by atomic mass is 10.1. The van der Waals surface area contributed by atoms with Gasteiger partial charge in [0, 0.05) is 21.6 Å². The lowest BCUT2D eigenvalue weighted by Gasteiger charge is -2.07. The third kappa shape index (κ3) is 5.08.